The largest absolute Gasteiger partial charge is 0.481 e. The number of aliphatic carboxylic acids is 2. The Hall–Kier alpha value is -9.05. The van der Waals surface area contributed by atoms with Crippen LogP contribution in [-0.4, -0.2) is 199 Å². The molecule has 12 atom stereocenters. The van der Waals surface area contributed by atoms with Gasteiger partial charge in [0.15, 0.2) is 0 Å². The summed E-state index contributed by atoms with van der Waals surface area (Å²) in [6.45, 7) is 13.5. The number of aromatic nitrogens is 2. The summed E-state index contributed by atoms with van der Waals surface area (Å²) < 4.78 is 0. The maximum atomic E-state index is 14.8. The summed E-state index contributed by atoms with van der Waals surface area (Å²) in [5.74, 6) is -15.7. The molecule has 4 rings (SSSR count). The van der Waals surface area contributed by atoms with Crippen molar-refractivity contribution in [3.05, 3.63) is 54.1 Å². The van der Waals surface area contributed by atoms with Crippen molar-refractivity contribution < 1.29 is 77.3 Å². The summed E-state index contributed by atoms with van der Waals surface area (Å²) in [6.07, 6.45) is -0.963. The van der Waals surface area contributed by atoms with Gasteiger partial charge in [-0.2, -0.15) is 0 Å². The number of hydrogen-bond donors (Lipinski definition) is 17. The minimum Gasteiger partial charge on any atom is -0.481 e. The molecule has 2 aliphatic rings. The molecule has 20 N–H and O–H groups in total. The van der Waals surface area contributed by atoms with Gasteiger partial charge in [0, 0.05) is 43.5 Å². The lowest BCUT2D eigenvalue weighted by Crippen LogP contribution is -2.62. The van der Waals surface area contributed by atoms with Crippen molar-refractivity contribution in [1.29, 1.82) is 0 Å². The van der Waals surface area contributed by atoms with E-state index in [1.165, 1.54) is 24.3 Å². The van der Waals surface area contributed by atoms with Gasteiger partial charge in [-0.05, 0) is 80.7 Å². The summed E-state index contributed by atoms with van der Waals surface area (Å²) in [7, 11) is 0. The number of carbonyl (C=O) groups excluding carboxylic acids is 12. The number of benzene rings is 1. The van der Waals surface area contributed by atoms with Crippen molar-refractivity contribution in [2.75, 3.05) is 18.8 Å². The molecule has 0 bridgehead atoms. The first-order valence-electron chi connectivity index (χ1n) is 32.5. The Morgan fingerprint density at radius 2 is 1.26 bits per heavy atom. The Morgan fingerprint density at radius 3 is 1.84 bits per heavy atom. The van der Waals surface area contributed by atoms with Gasteiger partial charge >= 0.3 is 11.9 Å². The van der Waals surface area contributed by atoms with Crippen molar-refractivity contribution in [2.45, 2.75) is 205 Å². The average Bonchev–Trinajstić information content (AvgIpc) is 1.73. The third kappa shape index (κ3) is 27.2. The van der Waals surface area contributed by atoms with Crippen LogP contribution >= 0.6 is 11.8 Å². The molecule has 1 saturated heterocycles. The maximum absolute atomic E-state index is 14.8. The zero-order valence-electron chi connectivity index (χ0n) is 56.0. The van der Waals surface area contributed by atoms with E-state index in [1.54, 1.807) is 71.9 Å². The monoisotopic (exact) mass is 1380 g/mol. The first kappa shape index (κ1) is 80.4. The number of carbonyl (C=O) groups is 14. The van der Waals surface area contributed by atoms with E-state index in [2.05, 4.69) is 73.4 Å². The van der Waals surface area contributed by atoms with E-state index in [0.717, 1.165) is 0 Å². The number of rotatable bonds is 28. The first-order valence-corrected chi connectivity index (χ1v) is 33.5. The molecule has 2 aromatic rings. The highest BCUT2D eigenvalue weighted by atomic mass is 32.2. The fourth-order valence-corrected chi connectivity index (χ4v) is 11.5. The van der Waals surface area contributed by atoms with Crippen LogP contribution in [0.3, 0.4) is 0 Å². The predicted molar refractivity (Wildman–Crippen MR) is 355 cm³/mol. The molecule has 34 heteroatoms. The van der Waals surface area contributed by atoms with E-state index in [0.29, 0.717) is 16.3 Å². The second-order valence-corrected chi connectivity index (χ2v) is 26.6. The number of nitrogens with one attached hydrogen (secondary N) is 12. The van der Waals surface area contributed by atoms with E-state index >= 15 is 0 Å². The van der Waals surface area contributed by atoms with Gasteiger partial charge in [-0.15, -0.1) is 11.8 Å². The Balaban J connectivity index is 1.74. The van der Waals surface area contributed by atoms with Crippen LogP contribution in [0.2, 0.25) is 0 Å². The lowest BCUT2D eigenvalue weighted by atomic mass is 9.99. The fraction of sp³-hybridized carbons (Fsp3) is 0.619. The van der Waals surface area contributed by atoms with Crippen LogP contribution in [0.4, 0.5) is 0 Å². The number of imidazole rings is 1. The first-order chi connectivity index (χ1) is 45.8. The van der Waals surface area contributed by atoms with Gasteiger partial charge in [-0.25, -0.2) is 4.98 Å². The number of nitrogens with zero attached hydrogens (tertiary/aromatic N) is 2. The van der Waals surface area contributed by atoms with Crippen LogP contribution in [-0.2, 0) is 80.0 Å². The lowest BCUT2D eigenvalue weighted by molar-refractivity contribution is -0.142. The second-order valence-electron chi connectivity index (χ2n) is 25.5. The van der Waals surface area contributed by atoms with Gasteiger partial charge in [0.2, 0.25) is 70.9 Å². The Kier molecular flexibility index (Phi) is 33.0. The summed E-state index contributed by atoms with van der Waals surface area (Å²) in [4.78, 5) is 205. The summed E-state index contributed by atoms with van der Waals surface area (Å²) in [5, 5.41) is 48.6. The van der Waals surface area contributed by atoms with Crippen LogP contribution in [0.1, 0.15) is 131 Å². The average molecular weight is 1380 g/mol. The fourth-order valence-electron chi connectivity index (χ4n) is 10.3. The summed E-state index contributed by atoms with van der Waals surface area (Å²) >= 11 is 1.33. The molecule has 0 unspecified atom stereocenters. The van der Waals surface area contributed by atoms with Crippen molar-refractivity contribution >= 4 is 99.6 Å². The molecule has 1 aromatic heterocycles. The number of H-pyrrole nitrogens is 1. The highest BCUT2D eigenvalue weighted by molar-refractivity contribution is 8.14. The molecular weight excluding hydrogens is 1280 g/mol. The van der Waals surface area contributed by atoms with Gasteiger partial charge in [0.1, 0.15) is 66.5 Å². The zero-order valence-corrected chi connectivity index (χ0v) is 56.8. The highest BCUT2D eigenvalue weighted by Crippen LogP contribution is 2.23. The minimum absolute atomic E-state index is 0.00124. The molecule has 97 heavy (non-hydrogen) atoms. The van der Waals surface area contributed by atoms with E-state index in [1.807, 2.05) is 13.8 Å². The van der Waals surface area contributed by atoms with Crippen LogP contribution in [0.15, 0.2) is 47.8 Å². The number of amides is 12. The van der Waals surface area contributed by atoms with Gasteiger partial charge in [0.25, 0.3) is 0 Å². The van der Waals surface area contributed by atoms with E-state index in [-0.39, 0.29) is 82.0 Å². The van der Waals surface area contributed by atoms with Crippen molar-refractivity contribution in [3.63, 3.8) is 0 Å². The number of aliphatic imine (C=N–C) groups is 1. The van der Waals surface area contributed by atoms with E-state index < -0.39 is 193 Å². The highest BCUT2D eigenvalue weighted by Gasteiger charge is 2.39. The Labute approximate surface area is 567 Å². The molecule has 536 valence electrons. The smallest absolute Gasteiger partial charge is 0.305 e. The third-order valence-electron chi connectivity index (χ3n) is 15.9. The SMILES string of the molecule is CC(C)C[C@H](NC(=O)[C@@H]1CSC([C@@H](N)C(C)C)=N1)C(=O)N[C@H](CCC(=O)O)C(=O)N[C@H](C(=O)N[C@H]1CCCCNC(=O)[C@H](CC(N)=O)NC(=O)[C@@H](CC(=O)O)NC(=O)[C@H](Cc2cnc[nH]2)NC(=O)[C@@H](Cc2ccccc2)NC(=O)[C@H](C(C)C)NC(=O)[C@@H](CCCN)NC1=O)C(C)C. The van der Waals surface area contributed by atoms with Gasteiger partial charge in [-0.1, -0.05) is 85.7 Å². The quantitative estimate of drug-likeness (QED) is 0.0408. The Bertz CT molecular complexity index is 3100. The van der Waals surface area contributed by atoms with Crippen molar-refractivity contribution in [1.82, 2.24) is 68.5 Å². The van der Waals surface area contributed by atoms with Gasteiger partial charge in [-0.3, -0.25) is 72.1 Å². The second kappa shape index (κ2) is 39.9. The zero-order chi connectivity index (χ0) is 72.2. The van der Waals surface area contributed by atoms with Gasteiger partial charge in [0.05, 0.1) is 30.3 Å². The minimum atomic E-state index is -1.94. The number of nitrogens with two attached hydrogens (primary N) is 3. The molecule has 1 fully saturated rings. The molecule has 0 saturated carbocycles. The molecular formula is C63H97N17O16S. The maximum Gasteiger partial charge on any atom is 0.305 e. The van der Waals surface area contributed by atoms with Crippen LogP contribution in [0.5, 0.6) is 0 Å². The Morgan fingerprint density at radius 1 is 0.660 bits per heavy atom. The molecule has 0 radical (unpaired) electrons. The lowest BCUT2D eigenvalue weighted by Gasteiger charge is -2.30. The summed E-state index contributed by atoms with van der Waals surface area (Å²) in [5.41, 5.74) is 18.5. The number of primary amides is 1. The predicted octanol–water partition coefficient (Wildman–Crippen LogP) is -2.85. The standard InChI is InChI=1S/C63H97N17O16S/c1-31(2)23-40(73-60(94)45-29-97-63(78-45)49(66)32(3)4)56(90)71-39(19-20-47(82)83)55(89)80-50(33(5)6)61(95)72-37-17-12-13-22-68-52(86)43(26-46(65)81)75-59(93)44(27-48(84)85)76-58(92)42(25-36-28-67-30-69-36)74-57(91)41(24-35-15-10-9-11-16-35)77-62(96)51(34(7)8)79-54(88)38(18-14-21-64)70-53(37)87/h9-11,15-16,28,30-34,37-45,49-51H,12-14,17-27,29,64,66H2,1-8H3,(H2,65,81)(H,67,69)(H,68,86)(H,70,87)(H,71,90)(H,72,95)(H,73,94)(H,74,91)(H,75,93)(H,76,92)(H,77,96)(H,79,88)(H,80,89)(H,82,83)(H,84,85)/t37-,38+,39+,40-,41+,42-,43-,44+,45-,49-,50-,51-/m0/s1. The molecule has 12 amide bonds. The number of carboxylic acids is 2. The number of carboxylic acid groups (broad SMARTS) is 2. The molecule has 0 spiro atoms. The van der Waals surface area contributed by atoms with Crippen molar-refractivity contribution in [3.8, 4) is 0 Å². The normalized spacial score (nSPS) is 22.7. The van der Waals surface area contributed by atoms with Crippen LogP contribution < -0.4 is 75.7 Å². The van der Waals surface area contributed by atoms with Crippen LogP contribution in [0.25, 0.3) is 0 Å². The van der Waals surface area contributed by atoms with Crippen molar-refractivity contribution in [2.24, 2.45) is 45.9 Å². The summed E-state index contributed by atoms with van der Waals surface area (Å²) in [6, 6.07) is -8.41. The molecule has 1 aromatic carbocycles. The molecule has 0 aliphatic carbocycles. The van der Waals surface area contributed by atoms with Crippen LogP contribution in [0, 0.1) is 23.7 Å². The van der Waals surface area contributed by atoms with Gasteiger partial charge < -0.3 is 90.9 Å². The topological polar surface area (TPSA) is 531 Å². The third-order valence-corrected chi connectivity index (χ3v) is 17.0. The number of thioether (sulfide) groups is 1. The number of aromatic amines is 1. The molecule has 33 nitrogen and oxygen atoms in total. The molecule has 2 aliphatic heterocycles. The molecule has 3 heterocycles. The van der Waals surface area contributed by atoms with E-state index in [9.17, 15) is 77.3 Å². The number of hydrogen-bond acceptors (Lipinski definition) is 19. The van der Waals surface area contributed by atoms with E-state index in [4.69, 9.17) is 17.2 Å².